The molecule has 0 aliphatic heterocycles. The van der Waals surface area contributed by atoms with Gasteiger partial charge in [-0.15, -0.1) is 0 Å². The number of hydrogen-bond acceptors (Lipinski definition) is 5. The molecule has 0 bridgehead atoms. The van der Waals surface area contributed by atoms with Gasteiger partial charge in [0.05, 0.1) is 23.6 Å². The number of ether oxygens (including phenoxy) is 1. The normalized spacial score (nSPS) is 9.81. The zero-order valence-electron chi connectivity index (χ0n) is 9.06. The van der Waals surface area contributed by atoms with Crippen LogP contribution in [-0.2, 0) is 4.74 Å². The Kier molecular flexibility index (Phi) is 5.75. The molecule has 0 aromatic carbocycles. The molecule has 0 aliphatic carbocycles. The summed E-state index contributed by atoms with van der Waals surface area (Å²) in [5, 5.41) is 8.58. The molecule has 1 heterocycles. The molecule has 16 heavy (non-hydrogen) atoms. The Labute approximate surface area is 103 Å². The fourth-order valence-electron chi connectivity index (χ4n) is 1.17. The minimum Gasteiger partial charge on any atom is -0.383 e. The van der Waals surface area contributed by atoms with Crippen LogP contribution in [0.15, 0.2) is 16.9 Å². The van der Waals surface area contributed by atoms with E-state index in [9.17, 15) is 0 Å². The summed E-state index contributed by atoms with van der Waals surface area (Å²) >= 11 is 3.28. The summed E-state index contributed by atoms with van der Waals surface area (Å²) < 4.78 is 5.84. The average molecular weight is 285 g/mol. The lowest BCUT2D eigenvalue weighted by Crippen LogP contribution is -2.29. The molecule has 0 spiro atoms. The number of rotatable bonds is 6. The van der Waals surface area contributed by atoms with E-state index < -0.39 is 0 Å². The fourth-order valence-corrected chi connectivity index (χ4v) is 1.37. The quantitative estimate of drug-likeness (QED) is 0.794. The lowest BCUT2D eigenvalue weighted by Gasteiger charge is -2.20. The van der Waals surface area contributed by atoms with E-state index in [1.54, 1.807) is 19.5 Å². The predicted octanol–water partition coefficient (Wildman–Crippen LogP) is 1.61. The topological polar surface area (TPSA) is 62.0 Å². The third-order valence-corrected chi connectivity index (χ3v) is 2.36. The van der Waals surface area contributed by atoms with Crippen LogP contribution < -0.4 is 4.90 Å². The van der Waals surface area contributed by atoms with Crippen LogP contribution in [0.3, 0.4) is 0 Å². The van der Waals surface area contributed by atoms with Gasteiger partial charge in [-0.25, -0.2) is 9.97 Å². The van der Waals surface area contributed by atoms with Gasteiger partial charge < -0.3 is 9.64 Å². The van der Waals surface area contributed by atoms with Gasteiger partial charge in [0.1, 0.15) is 0 Å². The molecule has 86 valence electrons. The minimum absolute atomic E-state index is 0.448. The van der Waals surface area contributed by atoms with Crippen molar-refractivity contribution in [3.8, 4) is 6.07 Å². The Morgan fingerprint density at radius 1 is 1.44 bits per heavy atom. The second kappa shape index (κ2) is 7.14. The number of nitriles is 1. The Bertz CT molecular complexity index is 349. The van der Waals surface area contributed by atoms with Crippen LogP contribution in [0.4, 0.5) is 5.95 Å². The lowest BCUT2D eigenvalue weighted by molar-refractivity contribution is 0.205. The Morgan fingerprint density at radius 2 is 2.12 bits per heavy atom. The van der Waals surface area contributed by atoms with Gasteiger partial charge in [0.2, 0.25) is 5.95 Å². The first kappa shape index (κ1) is 12.9. The first-order valence-electron chi connectivity index (χ1n) is 4.86. The van der Waals surface area contributed by atoms with Crippen molar-refractivity contribution in [3.63, 3.8) is 0 Å². The maximum atomic E-state index is 8.58. The first-order valence-corrected chi connectivity index (χ1v) is 5.65. The molecule has 6 heteroatoms. The number of aromatic nitrogens is 2. The minimum atomic E-state index is 0.448. The van der Waals surface area contributed by atoms with Crippen LogP contribution in [0, 0.1) is 11.3 Å². The third kappa shape index (κ3) is 4.13. The highest BCUT2D eigenvalue weighted by atomic mass is 79.9. The van der Waals surface area contributed by atoms with E-state index in [4.69, 9.17) is 10.00 Å². The molecular formula is C10H13BrN4O. The molecular weight excluding hydrogens is 272 g/mol. The lowest BCUT2D eigenvalue weighted by atomic mass is 10.4. The van der Waals surface area contributed by atoms with Gasteiger partial charge in [-0.2, -0.15) is 5.26 Å². The van der Waals surface area contributed by atoms with Crippen molar-refractivity contribution >= 4 is 21.9 Å². The van der Waals surface area contributed by atoms with Crippen LogP contribution in [0.25, 0.3) is 0 Å². The van der Waals surface area contributed by atoms with Gasteiger partial charge in [-0.05, 0) is 15.9 Å². The molecule has 0 atom stereocenters. The molecule has 0 aliphatic rings. The van der Waals surface area contributed by atoms with Crippen LogP contribution in [0.2, 0.25) is 0 Å². The molecule has 1 rings (SSSR count). The summed E-state index contributed by atoms with van der Waals surface area (Å²) in [6, 6.07) is 2.11. The molecule has 1 aromatic heterocycles. The van der Waals surface area contributed by atoms with Crippen molar-refractivity contribution in [3.05, 3.63) is 16.9 Å². The molecule has 0 radical (unpaired) electrons. The highest BCUT2D eigenvalue weighted by molar-refractivity contribution is 9.10. The monoisotopic (exact) mass is 284 g/mol. The van der Waals surface area contributed by atoms with E-state index in [0.717, 1.165) is 4.47 Å². The summed E-state index contributed by atoms with van der Waals surface area (Å²) in [6.07, 6.45) is 3.83. The van der Waals surface area contributed by atoms with Crippen LogP contribution >= 0.6 is 15.9 Å². The number of hydrogen-bond donors (Lipinski definition) is 0. The summed E-state index contributed by atoms with van der Waals surface area (Å²) in [7, 11) is 1.64. The summed E-state index contributed by atoms with van der Waals surface area (Å²) in [6.45, 7) is 1.88. The third-order valence-electron chi connectivity index (χ3n) is 1.95. The second-order valence-corrected chi connectivity index (χ2v) is 4.00. The molecule has 1 aromatic rings. The van der Waals surface area contributed by atoms with E-state index in [1.165, 1.54) is 0 Å². The summed E-state index contributed by atoms with van der Waals surface area (Å²) in [5.41, 5.74) is 0. The highest BCUT2D eigenvalue weighted by Gasteiger charge is 2.08. The summed E-state index contributed by atoms with van der Waals surface area (Å²) in [4.78, 5) is 10.3. The maximum Gasteiger partial charge on any atom is 0.225 e. The van der Waals surface area contributed by atoms with Crippen molar-refractivity contribution < 1.29 is 4.74 Å². The maximum absolute atomic E-state index is 8.58. The summed E-state index contributed by atoms with van der Waals surface area (Å²) in [5.74, 6) is 0.621. The fraction of sp³-hybridized carbons (Fsp3) is 0.500. The molecule has 0 amide bonds. The number of methoxy groups -OCH3 is 1. The second-order valence-electron chi connectivity index (χ2n) is 3.09. The Balaban J connectivity index is 2.67. The molecule has 0 fully saturated rings. The molecule has 0 N–H and O–H groups in total. The van der Waals surface area contributed by atoms with Crippen molar-refractivity contribution in [1.82, 2.24) is 9.97 Å². The Morgan fingerprint density at radius 3 is 2.69 bits per heavy atom. The standard InChI is InChI=1S/C10H13BrN4O/c1-16-6-5-15(4-2-3-12)10-13-7-9(11)8-14-10/h7-8H,2,4-6H2,1H3. The molecule has 0 unspecified atom stereocenters. The van der Waals surface area contributed by atoms with E-state index in [-0.39, 0.29) is 0 Å². The molecule has 5 nitrogen and oxygen atoms in total. The van der Waals surface area contributed by atoms with Gasteiger partial charge in [0.15, 0.2) is 0 Å². The SMILES string of the molecule is COCCN(CCC#N)c1ncc(Br)cn1. The molecule has 0 saturated carbocycles. The zero-order valence-corrected chi connectivity index (χ0v) is 10.6. The van der Waals surface area contributed by atoms with Gasteiger partial charge in [0, 0.05) is 32.6 Å². The predicted molar refractivity (Wildman–Crippen MR) is 64.1 cm³/mol. The average Bonchev–Trinajstić information content (AvgIpc) is 2.31. The van der Waals surface area contributed by atoms with Gasteiger partial charge in [-0.1, -0.05) is 0 Å². The van der Waals surface area contributed by atoms with Crippen LogP contribution in [0.5, 0.6) is 0 Å². The van der Waals surface area contributed by atoms with E-state index in [1.807, 2.05) is 4.90 Å². The van der Waals surface area contributed by atoms with Crippen molar-refractivity contribution in [2.24, 2.45) is 0 Å². The van der Waals surface area contributed by atoms with Gasteiger partial charge >= 0.3 is 0 Å². The number of anilines is 1. The number of halogens is 1. The van der Waals surface area contributed by atoms with E-state index in [0.29, 0.717) is 32.1 Å². The van der Waals surface area contributed by atoms with Crippen LogP contribution in [0.1, 0.15) is 6.42 Å². The largest absolute Gasteiger partial charge is 0.383 e. The van der Waals surface area contributed by atoms with E-state index in [2.05, 4.69) is 32.0 Å². The van der Waals surface area contributed by atoms with Gasteiger partial charge in [0.25, 0.3) is 0 Å². The van der Waals surface area contributed by atoms with Crippen LogP contribution in [-0.4, -0.2) is 36.8 Å². The number of nitrogens with zero attached hydrogens (tertiary/aromatic N) is 4. The highest BCUT2D eigenvalue weighted by Crippen LogP contribution is 2.11. The smallest absolute Gasteiger partial charge is 0.225 e. The zero-order chi connectivity index (χ0) is 11.8. The van der Waals surface area contributed by atoms with Gasteiger partial charge in [-0.3, -0.25) is 0 Å². The van der Waals surface area contributed by atoms with Crippen molar-refractivity contribution in [2.45, 2.75) is 6.42 Å². The first-order chi connectivity index (χ1) is 7.77. The van der Waals surface area contributed by atoms with Crippen molar-refractivity contribution in [2.75, 3.05) is 31.7 Å². The Hall–Kier alpha value is -1.19. The molecule has 0 saturated heterocycles. The van der Waals surface area contributed by atoms with Crippen molar-refractivity contribution in [1.29, 1.82) is 5.26 Å². The van der Waals surface area contributed by atoms with E-state index >= 15 is 0 Å².